The summed E-state index contributed by atoms with van der Waals surface area (Å²) in [5, 5.41) is 12.7. The quantitative estimate of drug-likeness (QED) is 0.776. The number of carbonyl (C=O) groups excluding carboxylic acids is 1. The molecule has 22 heavy (non-hydrogen) atoms. The molecule has 0 heterocycles. The van der Waals surface area contributed by atoms with E-state index in [4.69, 9.17) is 4.74 Å². The number of amides is 1. The number of rotatable bonds is 8. The molecule has 0 atom stereocenters. The highest BCUT2D eigenvalue weighted by atomic mass is 16.5. The van der Waals surface area contributed by atoms with Crippen LogP contribution in [0.1, 0.15) is 49.0 Å². The fraction of sp³-hybridized carbons (Fsp3) is 0.611. The van der Waals surface area contributed by atoms with E-state index < -0.39 is 5.60 Å². The van der Waals surface area contributed by atoms with E-state index >= 15 is 0 Å². The van der Waals surface area contributed by atoms with Crippen LogP contribution in [0.5, 0.6) is 0 Å². The Labute approximate surface area is 132 Å². The van der Waals surface area contributed by atoms with Crippen molar-refractivity contribution >= 4 is 5.91 Å². The molecule has 2 rings (SSSR count). The van der Waals surface area contributed by atoms with E-state index in [1.807, 2.05) is 38.1 Å². The standard InChI is InChI=1S/C18H27NO3/c1-17(2,21)9-8-14-4-6-15(7-5-14)16(20)19-12-18(10-11-18)13-22-3/h4-7,21H,8-13H2,1-3H3,(H,19,20). The van der Waals surface area contributed by atoms with Gasteiger partial charge in [-0.3, -0.25) is 4.79 Å². The molecule has 4 nitrogen and oxygen atoms in total. The first-order chi connectivity index (χ1) is 10.3. The van der Waals surface area contributed by atoms with Crippen LogP contribution in [0.3, 0.4) is 0 Å². The molecule has 122 valence electrons. The van der Waals surface area contributed by atoms with Gasteiger partial charge in [0.25, 0.3) is 5.91 Å². The molecule has 1 aliphatic carbocycles. The van der Waals surface area contributed by atoms with E-state index in [1.54, 1.807) is 7.11 Å². The second kappa shape index (κ2) is 6.80. The maximum atomic E-state index is 12.2. The highest BCUT2D eigenvalue weighted by Crippen LogP contribution is 2.45. The Kier molecular flexibility index (Phi) is 5.24. The molecule has 0 radical (unpaired) electrons. The zero-order valence-corrected chi connectivity index (χ0v) is 13.8. The average Bonchev–Trinajstić information content (AvgIpc) is 3.23. The Bertz CT molecular complexity index is 498. The van der Waals surface area contributed by atoms with Gasteiger partial charge in [-0.25, -0.2) is 0 Å². The molecule has 0 bridgehead atoms. The third-order valence-electron chi connectivity index (χ3n) is 4.27. The molecule has 0 saturated heterocycles. The highest BCUT2D eigenvalue weighted by molar-refractivity contribution is 5.94. The summed E-state index contributed by atoms with van der Waals surface area (Å²) < 4.78 is 5.21. The molecule has 1 saturated carbocycles. The van der Waals surface area contributed by atoms with Crippen molar-refractivity contribution in [3.8, 4) is 0 Å². The van der Waals surface area contributed by atoms with Crippen molar-refractivity contribution in [1.29, 1.82) is 0 Å². The maximum Gasteiger partial charge on any atom is 0.251 e. The zero-order chi connectivity index (χ0) is 16.2. The predicted molar refractivity (Wildman–Crippen MR) is 86.9 cm³/mol. The van der Waals surface area contributed by atoms with Gasteiger partial charge in [0.05, 0.1) is 12.2 Å². The second-order valence-electron chi connectivity index (χ2n) is 7.13. The number of carbonyl (C=O) groups is 1. The number of aryl methyl sites for hydroxylation is 1. The molecule has 4 heteroatoms. The van der Waals surface area contributed by atoms with Gasteiger partial charge in [0, 0.05) is 24.6 Å². The van der Waals surface area contributed by atoms with Gasteiger partial charge < -0.3 is 15.2 Å². The summed E-state index contributed by atoms with van der Waals surface area (Å²) in [5.74, 6) is -0.0311. The summed E-state index contributed by atoms with van der Waals surface area (Å²) >= 11 is 0. The van der Waals surface area contributed by atoms with Crippen LogP contribution in [0.2, 0.25) is 0 Å². The lowest BCUT2D eigenvalue weighted by molar-refractivity contribution is 0.0713. The Hall–Kier alpha value is -1.39. The molecule has 1 aliphatic rings. The van der Waals surface area contributed by atoms with Crippen LogP contribution < -0.4 is 5.32 Å². The molecule has 0 aromatic heterocycles. The minimum absolute atomic E-state index is 0.0311. The fourth-order valence-electron chi connectivity index (χ4n) is 2.50. The van der Waals surface area contributed by atoms with Crippen LogP contribution in [0.15, 0.2) is 24.3 Å². The maximum absolute atomic E-state index is 12.2. The summed E-state index contributed by atoms with van der Waals surface area (Å²) in [6, 6.07) is 7.63. The number of aliphatic hydroxyl groups is 1. The van der Waals surface area contributed by atoms with Crippen LogP contribution in [0.25, 0.3) is 0 Å². The first-order valence-electron chi connectivity index (χ1n) is 7.92. The van der Waals surface area contributed by atoms with Crippen molar-refractivity contribution in [3.63, 3.8) is 0 Å². The summed E-state index contributed by atoms with van der Waals surface area (Å²) in [6.45, 7) is 5.01. The molecule has 1 aromatic carbocycles. The monoisotopic (exact) mass is 305 g/mol. The van der Waals surface area contributed by atoms with E-state index in [9.17, 15) is 9.90 Å². The van der Waals surface area contributed by atoms with E-state index in [-0.39, 0.29) is 11.3 Å². The van der Waals surface area contributed by atoms with Gasteiger partial charge >= 0.3 is 0 Å². The largest absolute Gasteiger partial charge is 0.390 e. The van der Waals surface area contributed by atoms with Gasteiger partial charge in [-0.1, -0.05) is 12.1 Å². The van der Waals surface area contributed by atoms with Crippen LogP contribution >= 0.6 is 0 Å². The van der Waals surface area contributed by atoms with E-state index in [1.165, 1.54) is 0 Å². The fourth-order valence-corrected chi connectivity index (χ4v) is 2.50. The van der Waals surface area contributed by atoms with Gasteiger partial charge in [-0.15, -0.1) is 0 Å². The zero-order valence-electron chi connectivity index (χ0n) is 13.8. The Morgan fingerprint density at radius 2 is 1.95 bits per heavy atom. The molecule has 1 fully saturated rings. The molecular weight excluding hydrogens is 278 g/mol. The van der Waals surface area contributed by atoms with Gasteiger partial charge in [0.15, 0.2) is 0 Å². The van der Waals surface area contributed by atoms with Gasteiger partial charge in [0.2, 0.25) is 0 Å². The SMILES string of the molecule is COCC1(CNC(=O)c2ccc(CCC(C)(C)O)cc2)CC1. The third-order valence-corrected chi connectivity index (χ3v) is 4.27. The summed E-state index contributed by atoms with van der Waals surface area (Å²) in [4.78, 5) is 12.2. The van der Waals surface area contributed by atoms with Crippen molar-refractivity contribution in [2.75, 3.05) is 20.3 Å². The van der Waals surface area contributed by atoms with Crippen LogP contribution in [0, 0.1) is 5.41 Å². The normalized spacial score (nSPS) is 16.4. The van der Waals surface area contributed by atoms with E-state index in [0.717, 1.165) is 24.8 Å². The van der Waals surface area contributed by atoms with Crippen molar-refractivity contribution < 1.29 is 14.6 Å². The lowest BCUT2D eigenvalue weighted by Crippen LogP contribution is -2.32. The van der Waals surface area contributed by atoms with Crippen LogP contribution in [-0.2, 0) is 11.2 Å². The van der Waals surface area contributed by atoms with Gasteiger partial charge in [-0.05, 0) is 57.2 Å². The summed E-state index contributed by atoms with van der Waals surface area (Å²) in [7, 11) is 1.70. The molecular formula is C18H27NO3. The molecule has 0 spiro atoms. The minimum Gasteiger partial charge on any atom is -0.390 e. The smallest absolute Gasteiger partial charge is 0.251 e. The number of methoxy groups -OCH3 is 1. The number of nitrogens with one attached hydrogen (secondary N) is 1. The molecule has 1 amide bonds. The molecule has 0 aliphatic heterocycles. The number of benzene rings is 1. The Morgan fingerprint density at radius 3 is 2.45 bits per heavy atom. The molecule has 1 aromatic rings. The number of hydrogen-bond acceptors (Lipinski definition) is 3. The summed E-state index contributed by atoms with van der Waals surface area (Å²) in [5.41, 5.74) is 1.32. The Balaban J connectivity index is 1.83. The van der Waals surface area contributed by atoms with E-state index in [2.05, 4.69) is 5.32 Å². The molecule has 2 N–H and O–H groups in total. The first kappa shape index (κ1) is 17.0. The van der Waals surface area contributed by atoms with Gasteiger partial charge in [-0.2, -0.15) is 0 Å². The van der Waals surface area contributed by atoms with Crippen molar-refractivity contribution in [3.05, 3.63) is 35.4 Å². The van der Waals surface area contributed by atoms with Crippen LogP contribution in [0.4, 0.5) is 0 Å². The first-order valence-corrected chi connectivity index (χ1v) is 7.92. The lowest BCUT2D eigenvalue weighted by Gasteiger charge is -2.17. The van der Waals surface area contributed by atoms with Crippen molar-refractivity contribution in [2.45, 2.75) is 45.1 Å². The predicted octanol–water partition coefficient (Wildman–Crippen LogP) is 2.55. The van der Waals surface area contributed by atoms with E-state index in [0.29, 0.717) is 25.1 Å². The van der Waals surface area contributed by atoms with Crippen LogP contribution in [-0.4, -0.2) is 36.9 Å². The second-order valence-corrected chi connectivity index (χ2v) is 7.13. The average molecular weight is 305 g/mol. The minimum atomic E-state index is -0.657. The summed E-state index contributed by atoms with van der Waals surface area (Å²) in [6.07, 6.45) is 3.76. The van der Waals surface area contributed by atoms with Gasteiger partial charge in [0.1, 0.15) is 0 Å². The Morgan fingerprint density at radius 1 is 1.32 bits per heavy atom. The van der Waals surface area contributed by atoms with Crippen molar-refractivity contribution in [2.24, 2.45) is 5.41 Å². The number of ether oxygens (including phenoxy) is 1. The topological polar surface area (TPSA) is 58.6 Å². The lowest BCUT2D eigenvalue weighted by atomic mass is 9.98. The highest BCUT2D eigenvalue weighted by Gasteiger charge is 2.42. The number of hydrogen-bond donors (Lipinski definition) is 2. The van der Waals surface area contributed by atoms with Crippen molar-refractivity contribution in [1.82, 2.24) is 5.32 Å². The molecule has 0 unspecified atom stereocenters. The third kappa shape index (κ3) is 5.11.